The van der Waals surface area contributed by atoms with Crippen LogP contribution in [0.25, 0.3) is 0 Å². The van der Waals surface area contributed by atoms with Crippen molar-refractivity contribution in [3.8, 4) is 0 Å². The molecule has 4 fully saturated rings. The Morgan fingerprint density at radius 2 is 1.40 bits per heavy atom. The molecule has 1 aromatic heterocycles. The van der Waals surface area contributed by atoms with Gasteiger partial charge in [-0.15, -0.1) is 0 Å². The van der Waals surface area contributed by atoms with Crippen LogP contribution in [0.4, 0.5) is 23.1 Å². The minimum Gasteiger partial charge on any atom is -0.431 e. The number of nitrogens with two attached hydrogens (primary N) is 1. The van der Waals surface area contributed by atoms with Crippen LogP contribution < -0.4 is 31.5 Å². The largest absolute Gasteiger partial charge is 0.431 e. The molecule has 24 heteroatoms. The van der Waals surface area contributed by atoms with Gasteiger partial charge >= 0.3 is 0 Å². The number of carbonyl (C=O) groups excluding carboxylic acids is 7. The highest BCUT2D eigenvalue weighted by atomic mass is 16.6. The smallest absolute Gasteiger partial charge is 0.298 e. The molecule has 0 aliphatic carbocycles. The van der Waals surface area contributed by atoms with Crippen LogP contribution in [0, 0.1) is 5.92 Å². The predicted octanol–water partition coefficient (Wildman–Crippen LogP) is 1.10. The Morgan fingerprint density at radius 3 is 2.07 bits per heavy atom. The summed E-state index contributed by atoms with van der Waals surface area (Å²) in [6.45, 7) is 10.9. The van der Waals surface area contributed by atoms with Crippen molar-refractivity contribution in [2.75, 3.05) is 159 Å². The number of nitrogens with one attached hydrogen (secondary N) is 3. The maximum absolute atomic E-state index is 13.4. The number of hydrogen-bond donors (Lipinski definition) is 4. The van der Waals surface area contributed by atoms with Crippen LogP contribution in [0.15, 0.2) is 47.1 Å². The van der Waals surface area contributed by atoms with Crippen LogP contribution in [0.2, 0.25) is 0 Å². The molecule has 406 valence electrons. The fourth-order valence-electron chi connectivity index (χ4n) is 9.54. The number of ether oxygens (including phenoxy) is 6. The lowest BCUT2D eigenvalue weighted by atomic mass is 9.95. The number of aromatic nitrogens is 1. The van der Waals surface area contributed by atoms with E-state index in [2.05, 4.69) is 36.8 Å². The van der Waals surface area contributed by atoms with E-state index < -0.39 is 29.7 Å². The minimum atomic E-state index is -1.03. The molecule has 24 nitrogen and oxygen atoms in total. The van der Waals surface area contributed by atoms with Crippen molar-refractivity contribution in [3.63, 3.8) is 0 Å². The zero-order valence-corrected chi connectivity index (χ0v) is 42.3. The van der Waals surface area contributed by atoms with Crippen LogP contribution in [0.3, 0.4) is 0 Å². The number of carbonyl (C=O) groups is 7. The third-order valence-electron chi connectivity index (χ3n) is 13.7. The molecule has 5 N–H and O–H groups in total. The summed E-state index contributed by atoms with van der Waals surface area (Å²) in [6.07, 6.45) is 3.05. The third kappa shape index (κ3) is 14.9. The number of piperidine rings is 2. The Balaban J connectivity index is 0.637. The first-order chi connectivity index (χ1) is 36.5. The van der Waals surface area contributed by atoms with Gasteiger partial charge in [-0.2, -0.15) is 4.98 Å². The van der Waals surface area contributed by atoms with Gasteiger partial charge < -0.3 is 63.9 Å². The number of rotatable bonds is 27. The van der Waals surface area contributed by atoms with Crippen LogP contribution >= 0.6 is 0 Å². The van der Waals surface area contributed by atoms with Gasteiger partial charge in [0.15, 0.2) is 5.69 Å². The minimum absolute atomic E-state index is 0.0488. The fraction of sp³-hybridized carbons (Fsp3) is 0.569. The summed E-state index contributed by atoms with van der Waals surface area (Å²) >= 11 is 0. The second kappa shape index (κ2) is 27.3. The molecule has 8 rings (SSSR count). The molecule has 1 atom stereocenters. The number of amides is 7. The van der Waals surface area contributed by atoms with E-state index in [0.717, 1.165) is 16.2 Å². The number of anilines is 4. The monoisotopic (exact) mass is 1040 g/mol. The van der Waals surface area contributed by atoms with Gasteiger partial charge in [0, 0.05) is 83.5 Å². The molecule has 1 unspecified atom stereocenters. The van der Waals surface area contributed by atoms with Gasteiger partial charge in [-0.05, 0) is 49.1 Å². The maximum Gasteiger partial charge on any atom is 0.298 e. The van der Waals surface area contributed by atoms with Gasteiger partial charge in [-0.25, -0.2) is 0 Å². The zero-order chi connectivity index (χ0) is 52.5. The van der Waals surface area contributed by atoms with Crippen LogP contribution in [-0.4, -0.2) is 205 Å². The Kier molecular flexibility index (Phi) is 19.9. The number of oxazole rings is 1. The normalized spacial score (nSPS) is 18.6. The van der Waals surface area contributed by atoms with Crippen molar-refractivity contribution in [2.24, 2.45) is 11.7 Å². The SMILES string of the molecule is NC(=O)C1CCN(c2cc(CN3CCN(C(=O)CCOCCOCCOCCOCCOCCNc4cccc5c4C(=O)N(C4CCC(=O)NC4=O)C5=O)CC3)ccc2NC(=O)c2coc(N3CCOCC3)n2)CC1. The molecular formula is C51H68N10O14. The number of benzene rings is 2. The number of fused-ring (bicyclic) bond motifs is 1. The second-order valence-electron chi connectivity index (χ2n) is 18.7. The van der Waals surface area contributed by atoms with Gasteiger partial charge in [0.1, 0.15) is 12.3 Å². The van der Waals surface area contributed by atoms with Crippen molar-refractivity contribution in [3.05, 3.63) is 65.0 Å². The average molecular weight is 1050 g/mol. The Bertz CT molecular complexity index is 2470. The van der Waals surface area contributed by atoms with Gasteiger partial charge in [0.25, 0.3) is 23.7 Å². The van der Waals surface area contributed by atoms with Gasteiger partial charge in [-0.1, -0.05) is 12.1 Å². The van der Waals surface area contributed by atoms with E-state index in [0.29, 0.717) is 175 Å². The fourth-order valence-corrected chi connectivity index (χ4v) is 9.54. The van der Waals surface area contributed by atoms with Gasteiger partial charge in [0.2, 0.25) is 23.6 Å². The molecule has 7 amide bonds. The van der Waals surface area contributed by atoms with E-state index in [9.17, 15) is 33.6 Å². The van der Waals surface area contributed by atoms with E-state index in [-0.39, 0.29) is 59.7 Å². The summed E-state index contributed by atoms with van der Waals surface area (Å²) in [4.78, 5) is 102. The lowest BCUT2D eigenvalue weighted by Crippen LogP contribution is -2.54. The first-order valence-corrected chi connectivity index (χ1v) is 25.8. The average Bonchev–Trinajstić information content (AvgIpc) is 4.03. The van der Waals surface area contributed by atoms with E-state index in [1.807, 2.05) is 21.9 Å². The second-order valence-corrected chi connectivity index (χ2v) is 18.7. The van der Waals surface area contributed by atoms with Crippen LogP contribution in [-0.2, 0) is 54.1 Å². The first-order valence-electron chi connectivity index (χ1n) is 25.8. The summed E-state index contributed by atoms with van der Waals surface area (Å²) in [5.41, 5.74) is 9.23. The van der Waals surface area contributed by atoms with E-state index >= 15 is 0 Å². The highest BCUT2D eigenvalue weighted by Crippen LogP contribution is 2.34. The number of primary amides is 1. The number of piperazine rings is 1. The van der Waals surface area contributed by atoms with Crippen LogP contribution in [0.1, 0.15) is 68.9 Å². The highest BCUT2D eigenvalue weighted by molar-refractivity contribution is 6.25. The van der Waals surface area contributed by atoms with E-state index in [1.165, 1.54) is 6.26 Å². The van der Waals surface area contributed by atoms with Gasteiger partial charge in [-0.3, -0.25) is 48.7 Å². The molecule has 3 aromatic rings. The van der Waals surface area contributed by atoms with E-state index in [4.69, 9.17) is 38.6 Å². The summed E-state index contributed by atoms with van der Waals surface area (Å²) in [7, 11) is 0. The summed E-state index contributed by atoms with van der Waals surface area (Å²) in [5, 5.41) is 8.38. The lowest BCUT2D eigenvalue weighted by molar-refractivity contribution is -0.136. The molecule has 0 saturated carbocycles. The first kappa shape index (κ1) is 54.7. The molecule has 0 spiro atoms. The summed E-state index contributed by atoms with van der Waals surface area (Å²) in [5.74, 6) is -3.02. The maximum atomic E-state index is 13.4. The number of morpholine rings is 1. The molecule has 5 aliphatic rings. The number of hydrogen-bond acceptors (Lipinski definition) is 19. The number of imide groups is 2. The molecule has 6 heterocycles. The molecule has 0 bridgehead atoms. The van der Waals surface area contributed by atoms with Gasteiger partial charge in [0.05, 0.1) is 108 Å². The standard InChI is InChI=1S/C51H68N10O14/c52-46(64)36-8-12-58(13-9-36)42-32-35(4-5-38(42)54-47(65)40-34-75-51(55-40)60-18-22-71-23-19-60)33-57-14-16-59(17-15-57)44(63)10-20-69-24-26-72-28-30-74-31-29-73-27-25-70-21-11-53-39-3-1-2-37-45(39)50(68)61(49(37)67)41-6-7-43(62)56-48(41)66/h1-5,32,34,36,41,53H,6-31,33H2,(H2,52,64)(H,54,65)(H,56,62,66). The zero-order valence-electron chi connectivity index (χ0n) is 42.3. The van der Waals surface area contributed by atoms with Crippen molar-refractivity contribution < 1.29 is 66.4 Å². The third-order valence-corrected chi connectivity index (χ3v) is 13.7. The molecule has 75 heavy (non-hydrogen) atoms. The lowest BCUT2D eigenvalue weighted by Gasteiger charge is -2.36. The predicted molar refractivity (Wildman–Crippen MR) is 270 cm³/mol. The van der Waals surface area contributed by atoms with Crippen molar-refractivity contribution in [2.45, 2.75) is 44.7 Å². The van der Waals surface area contributed by atoms with Crippen molar-refractivity contribution >= 4 is 64.4 Å². The molecule has 4 saturated heterocycles. The van der Waals surface area contributed by atoms with Crippen LogP contribution in [0.5, 0.6) is 0 Å². The quantitative estimate of drug-likeness (QED) is 0.0614. The Labute approximate surface area is 434 Å². The van der Waals surface area contributed by atoms with Crippen molar-refractivity contribution in [1.82, 2.24) is 25.0 Å². The molecular weight excluding hydrogens is 977 g/mol. The number of nitrogens with zero attached hydrogens (tertiary/aromatic N) is 6. The molecule has 5 aliphatic heterocycles. The Hall–Kier alpha value is -6.54. The Morgan fingerprint density at radius 1 is 0.733 bits per heavy atom. The molecule has 0 radical (unpaired) electrons. The van der Waals surface area contributed by atoms with E-state index in [1.54, 1.807) is 18.2 Å². The topological polar surface area (TPSA) is 279 Å². The summed E-state index contributed by atoms with van der Waals surface area (Å²) in [6, 6.07) is 10.3. The summed E-state index contributed by atoms with van der Waals surface area (Å²) < 4.78 is 39.1. The van der Waals surface area contributed by atoms with Crippen molar-refractivity contribution in [1.29, 1.82) is 0 Å². The molecule has 2 aromatic carbocycles. The highest BCUT2D eigenvalue weighted by Gasteiger charge is 2.45.